The van der Waals surface area contributed by atoms with Crippen molar-refractivity contribution in [2.75, 3.05) is 0 Å². The van der Waals surface area contributed by atoms with Gasteiger partial charge in [-0.2, -0.15) is 0 Å². The predicted octanol–water partition coefficient (Wildman–Crippen LogP) is 2.09. The van der Waals surface area contributed by atoms with E-state index >= 15 is 0 Å². The van der Waals surface area contributed by atoms with Crippen LogP contribution in [0.4, 0.5) is 0 Å². The molecule has 0 saturated heterocycles. The third-order valence-corrected chi connectivity index (χ3v) is 3.84. The smallest absolute Gasteiger partial charge is 0.220 e. The molecule has 0 bridgehead atoms. The summed E-state index contributed by atoms with van der Waals surface area (Å²) in [5.74, 6) is 1.37. The first kappa shape index (κ1) is 13.5. The maximum absolute atomic E-state index is 11.6. The van der Waals surface area contributed by atoms with Gasteiger partial charge in [0.2, 0.25) is 5.91 Å². The minimum absolute atomic E-state index is 0.0897. The van der Waals surface area contributed by atoms with Crippen molar-refractivity contribution in [3.8, 4) is 0 Å². The first-order chi connectivity index (χ1) is 7.50. The molecule has 4 atom stereocenters. The highest BCUT2D eigenvalue weighted by Gasteiger charge is 2.27. The fourth-order valence-corrected chi connectivity index (χ4v) is 2.40. The molecular formula is C13H25NO2. The Bertz CT molecular complexity index is 228. The number of nitrogens with one attached hydrogen (secondary N) is 1. The normalized spacial score (nSPS) is 32.1. The van der Waals surface area contributed by atoms with Crippen molar-refractivity contribution >= 4 is 5.91 Å². The van der Waals surface area contributed by atoms with Gasteiger partial charge in [0, 0.05) is 12.5 Å². The van der Waals surface area contributed by atoms with Gasteiger partial charge in [0.05, 0.1) is 6.10 Å². The average molecular weight is 227 g/mol. The number of aliphatic hydroxyl groups is 1. The molecule has 0 aromatic heterocycles. The van der Waals surface area contributed by atoms with Gasteiger partial charge in [-0.25, -0.2) is 0 Å². The quantitative estimate of drug-likeness (QED) is 0.772. The molecule has 3 nitrogen and oxygen atoms in total. The Labute approximate surface area is 98.6 Å². The standard InChI is InChI=1S/C13H25NO2/c1-9-5-4-6-12(11(9)3)14-13(16)8-7-10(2)15/h9-12,15H,4-8H2,1-3H3,(H,14,16). The highest BCUT2D eigenvalue weighted by molar-refractivity contribution is 5.76. The Morgan fingerprint density at radius 2 is 2.12 bits per heavy atom. The van der Waals surface area contributed by atoms with Crippen LogP contribution in [-0.4, -0.2) is 23.2 Å². The molecule has 1 saturated carbocycles. The van der Waals surface area contributed by atoms with Crippen LogP contribution in [0.3, 0.4) is 0 Å². The maximum atomic E-state index is 11.6. The summed E-state index contributed by atoms with van der Waals surface area (Å²) in [7, 11) is 0. The van der Waals surface area contributed by atoms with Crippen LogP contribution in [0.5, 0.6) is 0 Å². The Morgan fingerprint density at radius 1 is 1.44 bits per heavy atom. The summed E-state index contributed by atoms with van der Waals surface area (Å²) in [4.78, 5) is 11.6. The lowest BCUT2D eigenvalue weighted by atomic mass is 9.78. The monoisotopic (exact) mass is 227 g/mol. The lowest BCUT2D eigenvalue weighted by Crippen LogP contribution is -2.43. The van der Waals surface area contributed by atoms with Crippen molar-refractivity contribution < 1.29 is 9.90 Å². The van der Waals surface area contributed by atoms with Crippen LogP contribution < -0.4 is 5.32 Å². The SMILES string of the molecule is CC(O)CCC(=O)NC1CCCC(C)C1C. The Balaban J connectivity index is 2.32. The molecule has 3 heteroatoms. The van der Waals surface area contributed by atoms with Crippen LogP contribution >= 0.6 is 0 Å². The Hall–Kier alpha value is -0.570. The molecule has 0 aliphatic heterocycles. The van der Waals surface area contributed by atoms with Crippen LogP contribution in [0.25, 0.3) is 0 Å². The Kier molecular flexibility index (Phi) is 5.26. The zero-order valence-corrected chi connectivity index (χ0v) is 10.7. The van der Waals surface area contributed by atoms with Crippen molar-refractivity contribution in [2.45, 2.75) is 65.0 Å². The topological polar surface area (TPSA) is 49.3 Å². The van der Waals surface area contributed by atoms with Gasteiger partial charge in [-0.3, -0.25) is 4.79 Å². The number of carbonyl (C=O) groups excluding carboxylic acids is 1. The molecule has 1 fully saturated rings. The molecule has 16 heavy (non-hydrogen) atoms. The number of carbonyl (C=O) groups is 1. The van der Waals surface area contributed by atoms with Crippen molar-refractivity contribution in [3.05, 3.63) is 0 Å². The van der Waals surface area contributed by atoms with Gasteiger partial charge in [-0.15, -0.1) is 0 Å². The van der Waals surface area contributed by atoms with E-state index in [0.29, 0.717) is 30.7 Å². The lowest BCUT2D eigenvalue weighted by Gasteiger charge is -2.34. The Morgan fingerprint density at radius 3 is 2.75 bits per heavy atom. The number of aliphatic hydroxyl groups excluding tert-OH is 1. The van der Waals surface area contributed by atoms with E-state index in [-0.39, 0.29) is 12.0 Å². The molecule has 0 radical (unpaired) electrons. The molecule has 1 aliphatic rings. The van der Waals surface area contributed by atoms with Crippen LogP contribution in [-0.2, 0) is 4.79 Å². The molecule has 1 aliphatic carbocycles. The first-order valence-corrected chi connectivity index (χ1v) is 6.48. The van der Waals surface area contributed by atoms with E-state index < -0.39 is 0 Å². The van der Waals surface area contributed by atoms with Gasteiger partial charge in [-0.1, -0.05) is 26.7 Å². The van der Waals surface area contributed by atoms with Gasteiger partial charge in [0.1, 0.15) is 0 Å². The summed E-state index contributed by atoms with van der Waals surface area (Å²) in [6.07, 6.45) is 4.21. The number of amides is 1. The molecule has 0 aromatic rings. The molecule has 1 rings (SSSR count). The van der Waals surface area contributed by atoms with Crippen LogP contribution in [0.1, 0.15) is 52.9 Å². The van der Waals surface area contributed by atoms with E-state index in [0.717, 1.165) is 6.42 Å². The summed E-state index contributed by atoms with van der Waals surface area (Å²) < 4.78 is 0. The van der Waals surface area contributed by atoms with Gasteiger partial charge in [-0.05, 0) is 31.6 Å². The second-order valence-electron chi connectivity index (χ2n) is 5.33. The average Bonchev–Trinajstić information content (AvgIpc) is 2.22. The molecule has 0 aromatic carbocycles. The van der Waals surface area contributed by atoms with Crippen molar-refractivity contribution in [1.82, 2.24) is 5.32 Å². The third kappa shape index (κ3) is 4.12. The minimum Gasteiger partial charge on any atom is -0.393 e. The van der Waals surface area contributed by atoms with E-state index in [9.17, 15) is 4.79 Å². The molecular weight excluding hydrogens is 202 g/mol. The van der Waals surface area contributed by atoms with Gasteiger partial charge >= 0.3 is 0 Å². The second-order valence-corrected chi connectivity index (χ2v) is 5.33. The predicted molar refractivity (Wildman–Crippen MR) is 65.0 cm³/mol. The fourth-order valence-electron chi connectivity index (χ4n) is 2.40. The molecule has 0 heterocycles. The second kappa shape index (κ2) is 6.24. The van der Waals surface area contributed by atoms with E-state index in [4.69, 9.17) is 5.11 Å². The summed E-state index contributed by atoms with van der Waals surface area (Å²) in [6.45, 7) is 6.21. The molecule has 4 unspecified atom stereocenters. The van der Waals surface area contributed by atoms with E-state index in [1.165, 1.54) is 12.8 Å². The summed E-state index contributed by atoms with van der Waals surface area (Å²) in [5.41, 5.74) is 0. The zero-order valence-electron chi connectivity index (χ0n) is 10.7. The number of hydrogen-bond donors (Lipinski definition) is 2. The zero-order chi connectivity index (χ0) is 12.1. The molecule has 94 valence electrons. The van der Waals surface area contributed by atoms with E-state index in [2.05, 4.69) is 19.2 Å². The van der Waals surface area contributed by atoms with Crippen molar-refractivity contribution in [3.63, 3.8) is 0 Å². The summed E-state index contributed by atoms with van der Waals surface area (Å²) in [6, 6.07) is 0.338. The molecule has 0 spiro atoms. The van der Waals surface area contributed by atoms with Crippen molar-refractivity contribution in [2.24, 2.45) is 11.8 Å². The minimum atomic E-state index is -0.381. The largest absolute Gasteiger partial charge is 0.393 e. The number of rotatable bonds is 4. The van der Waals surface area contributed by atoms with Gasteiger partial charge < -0.3 is 10.4 Å². The summed E-state index contributed by atoms with van der Waals surface area (Å²) >= 11 is 0. The maximum Gasteiger partial charge on any atom is 0.220 e. The highest BCUT2D eigenvalue weighted by atomic mass is 16.3. The number of hydrogen-bond acceptors (Lipinski definition) is 2. The van der Waals surface area contributed by atoms with Gasteiger partial charge in [0.25, 0.3) is 0 Å². The first-order valence-electron chi connectivity index (χ1n) is 6.48. The fraction of sp³-hybridized carbons (Fsp3) is 0.923. The third-order valence-electron chi connectivity index (χ3n) is 3.84. The van der Waals surface area contributed by atoms with Crippen LogP contribution in [0, 0.1) is 11.8 Å². The van der Waals surface area contributed by atoms with Crippen LogP contribution in [0.2, 0.25) is 0 Å². The highest BCUT2D eigenvalue weighted by Crippen LogP contribution is 2.29. The lowest BCUT2D eigenvalue weighted by molar-refractivity contribution is -0.123. The van der Waals surface area contributed by atoms with E-state index in [1.54, 1.807) is 6.92 Å². The molecule has 2 N–H and O–H groups in total. The van der Waals surface area contributed by atoms with Gasteiger partial charge in [0.15, 0.2) is 0 Å². The molecule has 1 amide bonds. The van der Waals surface area contributed by atoms with Crippen molar-refractivity contribution in [1.29, 1.82) is 0 Å². The summed E-state index contributed by atoms with van der Waals surface area (Å²) in [5, 5.41) is 12.2. The van der Waals surface area contributed by atoms with E-state index in [1.807, 2.05) is 0 Å². The van der Waals surface area contributed by atoms with Crippen LogP contribution in [0.15, 0.2) is 0 Å².